The maximum Gasteiger partial charge on any atom is 0.341 e. The van der Waals surface area contributed by atoms with Gasteiger partial charge >= 0.3 is 11.7 Å². The summed E-state index contributed by atoms with van der Waals surface area (Å²) >= 11 is 1.41. The summed E-state index contributed by atoms with van der Waals surface area (Å²) in [5.41, 5.74) is 1.33. The Bertz CT molecular complexity index is 988. The number of nitro groups is 1. The molecule has 1 N–H and O–H groups in total. The molecular formula is C20H26N4O5S. The van der Waals surface area contributed by atoms with Gasteiger partial charge in [-0.3, -0.25) is 19.6 Å². The Morgan fingerprint density at radius 1 is 1.43 bits per heavy atom. The van der Waals surface area contributed by atoms with Crippen LogP contribution in [0.3, 0.4) is 0 Å². The summed E-state index contributed by atoms with van der Waals surface area (Å²) in [4.78, 5) is 36.7. The Morgan fingerprint density at radius 3 is 2.70 bits per heavy atom. The lowest BCUT2D eigenvalue weighted by Gasteiger charge is -2.33. The SMILES string of the molecule is COC(=O)c1c(NC(=O)[C@@H](C)n2cc([N+](=O)[O-])cn2)sc2c1CC[C@@H](C(C)(C)C)C2. The number of nitrogens with one attached hydrogen (secondary N) is 1. The highest BCUT2D eigenvalue weighted by molar-refractivity contribution is 7.17. The first-order valence-electron chi connectivity index (χ1n) is 9.75. The van der Waals surface area contributed by atoms with E-state index in [9.17, 15) is 19.7 Å². The van der Waals surface area contributed by atoms with Gasteiger partial charge in [0.2, 0.25) is 5.91 Å². The van der Waals surface area contributed by atoms with Crippen LogP contribution < -0.4 is 5.32 Å². The second-order valence-electron chi connectivity index (χ2n) is 8.61. The summed E-state index contributed by atoms with van der Waals surface area (Å²) < 4.78 is 6.21. The number of methoxy groups -OCH3 is 1. The van der Waals surface area contributed by atoms with Gasteiger partial charge in [0.1, 0.15) is 23.4 Å². The Hall–Kier alpha value is -2.75. The lowest BCUT2D eigenvalue weighted by Crippen LogP contribution is -2.26. The Balaban J connectivity index is 1.88. The van der Waals surface area contributed by atoms with E-state index in [-0.39, 0.29) is 11.1 Å². The van der Waals surface area contributed by atoms with E-state index < -0.39 is 22.8 Å². The third kappa shape index (κ3) is 4.23. The zero-order valence-corrected chi connectivity index (χ0v) is 18.5. The van der Waals surface area contributed by atoms with Gasteiger partial charge in [0.25, 0.3) is 0 Å². The number of carbonyl (C=O) groups is 2. The van der Waals surface area contributed by atoms with Crippen molar-refractivity contribution in [2.24, 2.45) is 11.3 Å². The maximum atomic E-state index is 12.8. The van der Waals surface area contributed by atoms with Crippen LogP contribution in [0.4, 0.5) is 10.7 Å². The minimum absolute atomic E-state index is 0.153. The molecule has 0 bridgehead atoms. The number of hydrogen-bond acceptors (Lipinski definition) is 7. The molecule has 0 aliphatic heterocycles. The number of fused-ring (bicyclic) bond motifs is 1. The van der Waals surface area contributed by atoms with Gasteiger partial charge in [-0.15, -0.1) is 11.3 Å². The van der Waals surface area contributed by atoms with Gasteiger partial charge in [0, 0.05) is 4.88 Å². The lowest BCUT2D eigenvalue weighted by atomic mass is 9.72. The van der Waals surface area contributed by atoms with E-state index >= 15 is 0 Å². The monoisotopic (exact) mass is 434 g/mol. The fourth-order valence-corrected chi connectivity index (χ4v) is 5.02. The molecule has 3 rings (SSSR count). The standard InChI is InChI=1S/C20H26N4O5S/c1-11(23-10-13(9-21-23)24(27)28)17(25)22-18-16(19(26)29-5)14-7-6-12(20(2,3)4)8-15(14)30-18/h9-12H,6-8H2,1-5H3,(H,22,25)/t11-,12-/m1/s1. The van der Waals surface area contributed by atoms with Crippen molar-refractivity contribution in [2.45, 2.75) is 53.0 Å². The first-order valence-corrected chi connectivity index (χ1v) is 10.6. The molecule has 0 radical (unpaired) electrons. The molecule has 1 amide bonds. The zero-order chi connectivity index (χ0) is 22.2. The molecule has 2 aromatic rings. The molecule has 0 saturated carbocycles. The summed E-state index contributed by atoms with van der Waals surface area (Å²) in [7, 11) is 1.32. The minimum atomic E-state index is -0.786. The number of aromatic nitrogens is 2. The molecule has 0 spiro atoms. The molecule has 1 aliphatic carbocycles. The molecule has 30 heavy (non-hydrogen) atoms. The van der Waals surface area contributed by atoms with Gasteiger partial charge in [-0.05, 0) is 43.1 Å². The van der Waals surface area contributed by atoms with E-state index in [0.717, 1.165) is 35.9 Å². The van der Waals surface area contributed by atoms with Crippen LogP contribution >= 0.6 is 11.3 Å². The lowest BCUT2D eigenvalue weighted by molar-refractivity contribution is -0.385. The second kappa shape index (κ2) is 8.17. The van der Waals surface area contributed by atoms with Crippen LogP contribution in [0.1, 0.15) is 61.0 Å². The van der Waals surface area contributed by atoms with Crippen molar-refractivity contribution in [1.82, 2.24) is 9.78 Å². The van der Waals surface area contributed by atoms with E-state index in [2.05, 4.69) is 31.2 Å². The number of anilines is 1. The fourth-order valence-electron chi connectivity index (χ4n) is 3.70. The number of nitrogens with zero attached hydrogens (tertiary/aromatic N) is 3. The van der Waals surface area contributed by atoms with Gasteiger partial charge in [0.05, 0.1) is 17.6 Å². The van der Waals surface area contributed by atoms with Crippen LogP contribution in [-0.2, 0) is 22.4 Å². The molecule has 162 valence electrons. The summed E-state index contributed by atoms with van der Waals surface area (Å²) in [5.74, 6) is -0.398. The normalized spacial score (nSPS) is 17.2. The van der Waals surface area contributed by atoms with Crippen molar-refractivity contribution < 1.29 is 19.2 Å². The van der Waals surface area contributed by atoms with Crippen LogP contribution in [-0.4, -0.2) is 33.7 Å². The number of ether oxygens (including phenoxy) is 1. The Labute approximate surface area is 178 Å². The number of esters is 1. The van der Waals surface area contributed by atoms with Gasteiger partial charge in [-0.1, -0.05) is 20.8 Å². The third-order valence-electron chi connectivity index (χ3n) is 5.69. The maximum absolute atomic E-state index is 12.8. The summed E-state index contributed by atoms with van der Waals surface area (Å²) in [6.45, 7) is 8.23. The van der Waals surface area contributed by atoms with Crippen LogP contribution in [0.15, 0.2) is 12.4 Å². The largest absolute Gasteiger partial charge is 0.465 e. The number of carbonyl (C=O) groups excluding carboxylic acids is 2. The van der Waals surface area contributed by atoms with E-state index in [0.29, 0.717) is 16.5 Å². The molecule has 2 atom stereocenters. The molecule has 0 saturated heterocycles. The van der Waals surface area contributed by atoms with Crippen molar-refractivity contribution in [1.29, 1.82) is 0 Å². The molecule has 2 aromatic heterocycles. The van der Waals surface area contributed by atoms with Gasteiger partial charge in [-0.25, -0.2) is 4.79 Å². The highest BCUT2D eigenvalue weighted by atomic mass is 32.1. The van der Waals surface area contributed by atoms with E-state index in [1.165, 1.54) is 29.3 Å². The smallest absolute Gasteiger partial charge is 0.341 e. The number of thiophene rings is 1. The molecule has 1 aliphatic rings. The molecular weight excluding hydrogens is 408 g/mol. The molecule has 10 heteroatoms. The van der Waals surface area contributed by atoms with Gasteiger partial charge < -0.3 is 10.1 Å². The summed E-state index contributed by atoms with van der Waals surface area (Å²) in [5, 5.41) is 18.0. The van der Waals surface area contributed by atoms with Gasteiger partial charge in [0.15, 0.2) is 0 Å². The molecule has 0 unspecified atom stereocenters. The predicted octanol–water partition coefficient (Wildman–Crippen LogP) is 3.99. The van der Waals surface area contributed by atoms with E-state index in [1.54, 1.807) is 6.92 Å². The van der Waals surface area contributed by atoms with Crippen LogP contribution in [0.25, 0.3) is 0 Å². The van der Waals surface area contributed by atoms with Gasteiger partial charge in [-0.2, -0.15) is 5.10 Å². The molecule has 0 aromatic carbocycles. The summed E-state index contributed by atoms with van der Waals surface area (Å²) in [6.07, 6.45) is 4.89. The summed E-state index contributed by atoms with van der Waals surface area (Å²) in [6, 6.07) is -0.786. The third-order valence-corrected chi connectivity index (χ3v) is 6.86. The van der Waals surface area contributed by atoms with Crippen molar-refractivity contribution in [2.75, 3.05) is 12.4 Å². The van der Waals surface area contributed by atoms with E-state index in [4.69, 9.17) is 4.74 Å². The van der Waals surface area contributed by atoms with Crippen molar-refractivity contribution in [3.63, 3.8) is 0 Å². The van der Waals surface area contributed by atoms with Crippen molar-refractivity contribution >= 4 is 33.9 Å². The van der Waals surface area contributed by atoms with Crippen molar-refractivity contribution in [3.05, 3.63) is 38.5 Å². The second-order valence-corrected chi connectivity index (χ2v) is 9.71. The van der Waals surface area contributed by atoms with Crippen LogP contribution in [0, 0.1) is 21.4 Å². The number of hydrogen-bond donors (Lipinski definition) is 1. The fraction of sp³-hybridized carbons (Fsp3) is 0.550. The molecule has 9 nitrogen and oxygen atoms in total. The minimum Gasteiger partial charge on any atom is -0.465 e. The highest BCUT2D eigenvalue weighted by Gasteiger charge is 2.34. The molecule has 2 heterocycles. The van der Waals surface area contributed by atoms with E-state index in [1.807, 2.05) is 0 Å². The topological polar surface area (TPSA) is 116 Å². The molecule has 0 fully saturated rings. The average molecular weight is 435 g/mol. The first-order chi connectivity index (χ1) is 14.0. The highest BCUT2D eigenvalue weighted by Crippen LogP contribution is 2.44. The Kier molecular flexibility index (Phi) is 5.98. The number of amides is 1. The zero-order valence-electron chi connectivity index (χ0n) is 17.7. The Morgan fingerprint density at radius 2 is 2.13 bits per heavy atom. The number of rotatable bonds is 5. The first kappa shape index (κ1) is 21.9. The van der Waals surface area contributed by atoms with Crippen LogP contribution in [0.5, 0.6) is 0 Å². The predicted molar refractivity (Wildman–Crippen MR) is 113 cm³/mol. The quantitative estimate of drug-likeness (QED) is 0.432. The van der Waals surface area contributed by atoms with Crippen LogP contribution in [0.2, 0.25) is 0 Å². The average Bonchev–Trinajstić information content (AvgIpc) is 3.30. The van der Waals surface area contributed by atoms with Crippen molar-refractivity contribution in [3.8, 4) is 0 Å².